The van der Waals surface area contributed by atoms with Crippen LogP contribution in [0.2, 0.25) is 0 Å². The zero-order valence-electron chi connectivity index (χ0n) is 20.5. The van der Waals surface area contributed by atoms with Gasteiger partial charge in [-0.3, -0.25) is 0 Å². The highest BCUT2D eigenvalue weighted by Crippen LogP contribution is 2.37. The van der Waals surface area contributed by atoms with E-state index in [-0.39, 0.29) is 24.1 Å². The maximum Gasteiger partial charge on any atom is 0.340 e. The van der Waals surface area contributed by atoms with Gasteiger partial charge in [-0.2, -0.15) is 0 Å². The third-order valence-electron chi connectivity index (χ3n) is 6.65. The number of hydrogen-bond donors (Lipinski definition) is 2. The van der Waals surface area contributed by atoms with Crippen LogP contribution >= 0.6 is 0 Å². The molecule has 9 nitrogen and oxygen atoms in total. The normalized spacial score (nSPS) is 21.2. The molecular weight excluding hydrogens is 446 g/mol. The molecule has 3 N–H and O–H groups in total. The second-order valence-electron chi connectivity index (χ2n) is 9.64. The summed E-state index contributed by atoms with van der Waals surface area (Å²) >= 11 is 0. The van der Waals surface area contributed by atoms with E-state index in [2.05, 4.69) is 22.2 Å². The SMILES string of the molecule is CC[C@@H]1c2nc(Nc3cc4c([C@@](C)(N)COC)cnc(OC5CC5)c4cn3)ccc2C(=O)O[C@H]1C. The number of cyclic esters (lactones) is 1. The van der Waals surface area contributed by atoms with Crippen LogP contribution in [0.4, 0.5) is 11.6 Å². The quantitative estimate of drug-likeness (QED) is 0.460. The Kier molecular flexibility index (Phi) is 6.06. The lowest BCUT2D eigenvalue weighted by atomic mass is 9.90. The number of pyridine rings is 3. The van der Waals surface area contributed by atoms with E-state index in [1.165, 1.54) is 0 Å². The number of methoxy groups -OCH3 is 1. The first-order chi connectivity index (χ1) is 16.8. The van der Waals surface area contributed by atoms with Crippen molar-refractivity contribution < 1.29 is 19.0 Å². The van der Waals surface area contributed by atoms with E-state index >= 15 is 0 Å². The summed E-state index contributed by atoms with van der Waals surface area (Å²) in [6.45, 7) is 6.22. The molecule has 0 spiro atoms. The zero-order chi connectivity index (χ0) is 24.7. The highest BCUT2D eigenvalue weighted by Gasteiger charge is 2.33. The van der Waals surface area contributed by atoms with Crippen LogP contribution in [-0.4, -0.2) is 46.8 Å². The van der Waals surface area contributed by atoms with Gasteiger partial charge in [-0.1, -0.05) is 6.92 Å². The van der Waals surface area contributed by atoms with Gasteiger partial charge in [0.05, 0.1) is 28.8 Å². The molecule has 3 aromatic heterocycles. The van der Waals surface area contributed by atoms with Crippen molar-refractivity contribution in [2.45, 2.75) is 63.7 Å². The van der Waals surface area contributed by atoms with Crippen LogP contribution in [-0.2, 0) is 15.0 Å². The van der Waals surface area contributed by atoms with Crippen LogP contribution < -0.4 is 15.8 Å². The van der Waals surface area contributed by atoms with E-state index in [1.54, 1.807) is 31.6 Å². The number of carbonyl (C=O) groups is 1. The Morgan fingerprint density at radius 2 is 2.00 bits per heavy atom. The van der Waals surface area contributed by atoms with Crippen molar-refractivity contribution in [1.29, 1.82) is 0 Å². The lowest BCUT2D eigenvalue weighted by Gasteiger charge is -2.29. The number of nitrogens with two attached hydrogens (primary N) is 1. The number of nitrogens with zero attached hydrogens (tertiary/aromatic N) is 3. The van der Waals surface area contributed by atoms with Gasteiger partial charge >= 0.3 is 5.97 Å². The van der Waals surface area contributed by atoms with E-state index in [1.807, 2.05) is 19.9 Å². The van der Waals surface area contributed by atoms with Crippen LogP contribution in [0.5, 0.6) is 5.88 Å². The number of fused-ring (bicyclic) bond motifs is 2. The molecule has 0 amide bonds. The summed E-state index contributed by atoms with van der Waals surface area (Å²) in [6, 6.07) is 5.46. The van der Waals surface area contributed by atoms with E-state index < -0.39 is 5.54 Å². The lowest BCUT2D eigenvalue weighted by molar-refractivity contribution is 0.0215. The average molecular weight is 478 g/mol. The third kappa shape index (κ3) is 4.53. The highest BCUT2D eigenvalue weighted by molar-refractivity contribution is 5.93. The summed E-state index contributed by atoms with van der Waals surface area (Å²) in [5.74, 6) is 1.47. The van der Waals surface area contributed by atoms with Crippen molar-refractivity contribution in [3.05, 3.63) is 47.4 Å². The Labute approximate surface area is 204 Å². The second kappa shape index (κ2) is 9.05. The summed E-state index contributed by atoms with van der Waals surface area (Å²) < 4.78 is 16.9. The van der Waals surface area contributed by atoms with Gasteiger partial charge in [-0.05, 0) is 56.7 Å². The van der Waals surface area contributed by atoms with Crippen molar-refractivity contribution in [3.63, 3.8) is 0 Å². The molecule has 5 rings (SSSR count). The molecular formula is C26H31N5O4. The van der Waals surface area contributed by atoms with Crippen LogP contribution in [0.25, 0.3) is 10.8 Å². The van der Waals surface area contributed by atoms with Crippen molar-refractivity contribution >= 4 is 28.4 Å². The Hall–Kier alpha value is -3.30. The number of aromatic nitrogens is 3. The van der Waals surface area contributed by atoms with Gasteiger partial charge in [-0.25, -0.2) is 19.7 Å². The van der Waals surface area contributed by atoms with Gasteiger partial charge in [-0.15, -0.1) is 0 Å². The fourth-order valence-electron chi connectivity index (χ4n) is 4.64. The van der Waals surface area contributed by atoms with Gasteiger partial charge in [0.1, 0.15) is 23.8 Å². The number of esters is 1. The number of anilines is 2. The molecule has 2 aliphatic rings. The minimum Gasteiger partial charge on any atom is -0.474 e. The average Bonchev–Trinajstić information content (AvgIpc) is 3.63. The zero-order valence-corrected chi connectivity index (χ0v) is 20.5. The maximum absolute atomic E-state index is 12.3. The predicted octanol–water partition coefficient (Wildman–Crippen LogP) is 4.18. The van der Waals surface area contributed by atoms with Crippen molar-refractivity contribution in [1.82, 2.24) is 15.0 Å². The summed E-state index contributed by atoms with van der Waals surface area (Å²) in [4.78, 5) is 26.3. The van der Waals surface area contributed by atoms with Gasteiger partial charge in [0.2, 0.25) is 5.88 Å². The molecule has 3 atom stereocenters. The first kappa shape index (κ1) is 23.4. The van der Waals surface area contributed by atoms with Crippen LogP contribution in [0, 0.1) is 0 Å². The van der Waals surface area contributed by atoms with Gasteiger partial charge in [0.25, 0.3) is 0 Å². The van der Waals surface area contributed by atoms with Crippen LogP contribution in [0.1, 0.15) is 67.6 Å². The second-order valence-corrected chi connectivity index (χ2v) is 9.64. The standard InChI is InChI=1S/C26H31N5O4/c1-5-16-14(2)34-25(32)17-8-9-21(31-23(16)17)30-22-10-18-19(11-28-22)24(35-15-6-7-15)29-12-20(18)26(3,27)13-33-4/h8-12,14-16H,5-7,13,27H2,1-4H3,(H,28,30,31)/t14-,16-,26-/m0/s1. The lowest BCUT2D eigenvalue weighted by Crippen LogP contribution is -2.38. The molecule has 0 aromatic carbocycles. The molecule has 1 aliphatic carbocycles. The molecule has 184 valence electrons. The van der Waals surface area contributed by atoms with Crippen LogP contribution in [0.3, 0.4) is 0 Å². The summed E-state index contributed by atoms with van der Waals surface area (Å²) in [7, 11) is 1.63. The number of ether oxygens (including phenoxy) is 3. The van der Waals surface area contributed by atoms with Gasteiger partial charge in [0, 0.05) is 31.0 Å². The molecule has 1 saturated carbocycles. The van der Waals surface area contributed by atoms with Crippen LogP contribution in [0.15, 0.2) is 30.6 Å². The molecule has 0 bridgehead atoms. The van der Waals surface area contributed by atoms with Gasteiger partial charge < -0.3 is 25.3 Å². The molecule has 9 heteroatoms. The minimum atomic E-state index is -0.758. The Bertz CT molecular complexity index is 1270. The monoisotopic (exact) mass is 477 g/mol. The molecule has 35 heavy (non-hydrogen) atoms. The van der Waals surface area contributed by atoms with E-state index in [0.29, 0.717) is 29.7 Å². The fraction of sp³-hybridized carbons (Fsp3) is 0.462. The van der Waals surface area contributed by atoms with Crippen molar-refractivity contribution in [2.24, 2.45) is 5.73 Å². The summed E-state index contributed by atoms with van der Waals surface area (Å²) in [5.41, 5.74) is 7.96. The van der Waals surface area contributed by atoms with E-state index in [9.17, 15) is 4.79 Å². The summed E-state index contributed by atoms with van der Waals surface area (Å²) in [5, 5.41) is 4.98. The first-order valence-electron chi connectivity index (χ1n) is 12.0. The number of nitrogens with one attached hydrogen (secondary N) is 1. The highest BCUT2D eigenvalue weighted by atomic mass is 16.5. The molecule has 0 unspecified atom stereocenters. The maximum atomic E-state index is 12.3. The van der Waals surface area contributed by atoms with Crippen molar-refractivity contribution in [2.75, 3.05) is 19.0 Å². The molecule has 0 radical (unpaired) electrons. The molecule has 4 heterocycles. The Morgan fingerprint density at radius 3 is 2.71 bits per heavy atom. The topological polar surface area (TPSA) is 121 Å². The van der Waals surface area contributed by atoms with Crippen molar-refractivity contribution in [3.8, 4) is 5.88 Å². The number of rotatable bonds is 8. The molecule has 1 aliphatic heterocycles. The third-order valence-corrected chi connectivity index (χ3v) is 6.65. The largest absolute Gasteiger partial charge is 0.474 e. The minimum absolute atomic E-state index is 0.0424. The number of hydrogen-bond acceptors (Lipinski definition) is 9. The molecule has 3 aromatic rings. The molecule has 1 fully saturated rings. The van der Waals surface area contributed by atoms with E-state index in [0.717, 1.165) is 41.3 Å². The first-order valence-corrected chi connectivity index (χ1v) is 12.0. The summed E-state index contributed by atoms with van der Waals surface area (Å²) in [6.07, 6.45) is 6.39. The smallest absolute Gasteiger partial charge is 0.340 e. The number of carbonyl (C=O) groups excluding carboxylic acids is 1. The Balaban J connectivity index is 1.54. The Morgan fingerprint density at radius 1 is 1.20 bits per heavy atom. The fourth-order valence-corrected chi connectivity index (χ4v) is 4.64. The van der Waals surface area contributed by atoms with Gasteiger partial charge in [0.15, 0.2) is 0 Å². The molecule has 0 saturated heterocycles. The van der Waals surface area contributed by atoms with E-state index in [4.69, 9.17) is 24.9 Å². The predicted molar refractivity (Wildman–Crippen MR) is 132 cm³/mol.